The van der Waals surface area contributed by atoms with Crippen LogP contribution in [0.15, 0.2) is 47.2 Å². The number of nitrogen functional groups attached to an aromatic ring is 1. The van der Waals surface area contributed by atoms with Crippen LogP contribution in [0.2, 0.25) is 0 Å². The summed E-state index contributed by atoms with van der Waals surface area (Å²) in [6, 6.07) is 4.88. The SMILES string of the molecule is CCCCn1cc(C(=O)Nc2ccc(OC[C@H](O/N=C(\C(=O)N[C@@H]3C(=O)N(OS(=O)(=O)O)C3(C)C)c3csc(N)n3)C(=O)O)cc2)c[n+]1CC1CNC1. The van der Waals surface area contributed by atoms with Crippen LogP contribution in [0, 0.1) is 5.92 Å². The first-order chi connectivity index (χ1) is 25.0. The van der Waals surface area contributed by atoms with Crippen LogP contribution in [0.3, 0.4) is 0 Å². The number of hydrogen-bond donors (Lipinski definition) is 6. The van der Waals surface area contributed by atoms with Crippen molar-refractivity contribution in [3.63, 3.8) is 0 Å². The summed E-state index contributed by atoms with van der Waals surface area (Å²) in [6.07, 6.45) is 3.96. The molecule has 2 fully saturated rings. The maximum absolute atomic E-state index is 13.3. The van der Waals surface area contributed by atoms with E-state index < -0.39 is 58.2 Å². The third-order valence-corrected chi connectivity index (χ3v) is 9.39. The van der Waals surface area contributed by atoms with Crippen LogP contribution in [0.5, 0.6) is 5.75 Å². The summed E-state index contributed by atoms with van der Waals surface area (Å²) in [7, 11) is -5.03. The average molecular weight is 779 g/mol. The number of aromatic nitrogens is 3. The molecule has 0 aliphatic carbocycles. The van der Waals surface area contributed by atoms with E-state index in [-0.39, 0.29) is 22.5 Å². The van der Waals surface area contributed by atoms with Crippen molar-refractivity contribution in [3.8, 4) is 5.75 Å². The number of amides is 3. The van der Waals surface area contributed by atoms with E-state index in [1.165, 1.54) is 31.4 Å². The third kappa shape index (κ3) is 9.64. The Morgan fingerprint density at radius 2 is 1.96 bits per heavy atom. The number of carbonyl (C=O) groups is 4. The number of carboxylic acid groups (broad SMARTS) is 1. The van der Waals surface area contributed by atoms with E-state index in [1.807, 2.05) is 12.4 Å². The molecule has 0 radical (unpaired) electrons. The van der Waals surface area contributed by atoms with Gasteiger partial charge >= 0.3 is 16.4 Å². The highest BCUT2D eigenvalue weighted by Crippen LogP contribution is 2.33. The van der Waals surface area contributed by atoms with Gasteiger partial charge in [-0.05, 0) is 44.5 Å². The number of aryl methyl sites for hydroxylation is 1. The van der Waals surface area contributed by atoms with Crippen LogP contribution >= 0.6 is 11.3 Å². The number of benzene rings is 1. The molecular formula is C31H40N9O11S2+. The van der Waals surface area contributed by atoms with Gasteiger partial charge in [0.1, 0.15) is 29.7 Å². The van der Waals surface area contributed by atoms with Crippen LogP contribution in [0.4, 0.5) is 10.8 Å². The molecule has 1 aromatic carbocycles. The van der Waals surface area contributed by atoms with E-state index in [1.54, 1.807) is 12.1 Å². The van der Waals surface area contributed by atoms with Gasteiger partial charge in [-0.1, -0.05) is 18.5 Å². The molecule has 5 rings (SSSR count). The van der Waals surface area contributed by atoms with E-state index in [2.05, 4.69) is 46.7 Å². The maximum Gasteiger partial charge on any atom is 0.418 e. The van der Waals surface area contributed by atoms with E-state index in [9.17, 15) is 32.7 Å². The largest absolute Gasteiger partial charge is 0.489 e. The van der Waals surface area contributed by atoms with Crippen molar-refractivity contribution in [3.05, 3.63) is 53.3 Å². The quantitative estimate of drug-likeness (QED) is 0.0331. The summed E-state index contributed by atoms with van der Waals surface area (Å²) >= 11 is 0.946. The smallest absolute Gasteiger partial charge is 0.418 e. The number of nitrogens with two attached hydrogens (primary N) is 1. The lowest BCUT2D eigenvalue weighted by Gasteiger charge is -2.50. The normalized spacial score (nSPS) is 17.7. The summed E-state index contributed by atoms with van der Waals surface area (Å²) in [5.41, 5.74) is 4.60. The number of carboxylic acids is 1. The second kappa shape index (κ2) is 16.2. The summed E-state index contributed by atoms with van der Waals surface area (Å²) in [6.45, 7) is 7.76. The first-order valence-corrected chi connectivity index (χ1v) is 18.6. The molecule has 7 N–H and O–H groups in total. The van der Waals surface area contributed by atoms with Gasteiger partial charge in [-0.15, -0.1) is 20.3 Å². The van der Waals surface area contributed by atoms with Gasteiger partial charge in [-0.3, -0.25) is 18.9 Å². The van der Waals surface area contributed by atoms with Crippen molar-refractivity contribution < 1.29 is 55.8 Å². The number of ether oxygens (including phenoxy) is 1. The lowest BCUT2D eigenvalue weighted by atomic mass is 9.84. The Morgan fingerprint density at radius 3 is 2.53 bits per heavy atom. The minimum Gasteiger partial charge on any atom is -0.489 e. The van der Waals surface area contributed by atoms with Crippen molar-refractivity contribution in [2.75, 3.05) is 30.7 Å². The number of carbonyl (C=O) groups excluding carboxylic acids is 3. The zero-order valence-electron chi connectivity index (χ0n) is 28.9. The molecule has 286 valence electrons. The number of hydroxylamine groups is 2. The molecular weight excluding hydrogens is 739 g/mol. The van der Waals surface area contributed by atoms with Crippen LogP contribution in [-0.2, 0) is 47.0 Å². The number of unbranched alkanes of at least 4 members (excludes halogenated alkanes) is 1. The number of thiazole rings is 1. The minimum absolute atomic E-state index is 0.0433. The number of nitrogens with zero attached hydrogens (tertiary/aromatic N) is 5. The lowest BCUT2D eigenvalue weighted by Crippen LogP contribution is -2.76. The number of anilines is 2. The van der Waals surface area contributed by atoms with Gasteiger partial charge in [0.2, 0.25) is 6.20 Å². The fraction of sp³-hybridized carbons (Fsp3) is 0.452. The molecule has 3 aromatic rings. The van der Waals surface area contributed by atoms with E-state index in [0.717, 1.165) is 50.4 Å². The highest BCUT2D eigenvalue weighted by molar-refractivity contribution is 7.80. The Labute approximate surface area is 307 Å². The van der Waals surface area contributed by atoms with Gasteiger partial charge in [0.15, 0.2) is 17.4 Å². The van der Waals surface area contributed by atoms with Crippen molar-refractivity contribution >= 4 is 62.0 Å². The summed E-state index contributed by atoms with van der Waals surface area (Å²) in [5, 5.41) is 23.7. The lowest BCUT2D eigenvalue weighted by molar-refractivity contribution is -0.781. The Balaban J connectivity index is 1.21. The molecule has 0 bridgehead atoms. The predicted molar refractivity (Wildman–Crippen MR) is 187 cm³/mol. The molecule has 0 saturated carbocycles. The molecule has 0 spiro atoms. The number of rotatable bonds is 18. The van der Waals surface area contributed by atoms with Gasteiger partial charge in [-0.2, -0.15) is 18.2 Å². The molecule has 0 unspecified atom stereocenters. The first kappa shape index (κ1) is 39.1. The molecule has 22 heteroatoms. The zero-order valence-corrected chi connectivity index (χ0v) is 30.6. The number of aliphatic carboxylic acids is 1. The maximum atomic E-state index is 13.3. The van der Waals surface area contributed by atoms with E-state index in [4.69, 9.17) is 19.9 Å². The van der Waals surface area contributed by atoms with Crippen molar-refractivity contribution in [1.29, 1.82) is 0 Å². The second-order valence-electron chi connectivity index (χ2n) is 12.8. The standard InChI is InChI=1S/C31H39N9O11S2/c1-4-5-10-38-14-19(15-39(38)13-18-11-33-12-18)26(41)34-20-6-8-21(9-7-20)49-16-23(29(44)45)50-37-24(22-17-52-30(32)35-22)27(42)36-25-28(43)40(31(25,2)3)51-53(46,47)48/h6-9,14-15,17-18,23,25,33H,4-5,10-13,16H2,1-3H3,(H5-,32,34,35,36,41,42,44,45,46,47,48)/p+1/b37-24-/t23-,25+/m0/s1. The Hall–Kier alpha value is -5.16. The topological polar surface area (TPSA) is 270 Å². The van der Waals surface area contributed by atoms with Gasteiger partial charge in [-0.25, -0.2) is 9.78 Å². The predicted octanol–water partition coefficient (Wildman–Crippen LogP) is 0.179. The van der Waals surface area contributed by atoms with Crippen LogP contribution in [0.25, 0.3) is 0 Å². The third-order valence-electron chi connectivity index (χ3n) is 8.38. The highest BCUT2D eigenvalue weighted by Gasteiger charge is 2.58. The minimum atomic E-state index is -5.03. The molecule has 2 aliphatic rings. The summed E-state index contributed by atoms with van der Waals surface area (Å²) < 4.78 is 45.3. The molecule has 4 heterocycles. The second-order valence-corrected chi connectivity index (χ2v) is 14.7. The highest BCUT2D eigenvalue weighted by atomic mass is 32.3. The first-order valence-electron chi connectivity index (χ1n) is 16.4. The molecule has 3 amide bonds. The number of hydrogen-bond acceptors (Lipinski definition) is 14. The number of β-lactam (4-membered cyclic amide) rings is 1. The Kier molecular flexibility index (Phi) is 12.0. The van der Waals surface area contributed by atoms with Crippen molar-refractivity contribution in [2.24, 2.45) is 11.1 Å². The fourth-order valence-electron chi connectivity index (χ4n) is 5.33. The number of nitrogens with one attached hydrogen (secondary N) is 3. The molecule has 2 aliphatic heterocycles. The molecule has 2 aromatic heterocycles. The van der Waals surface area contributed by atoms with Gasteiger partial charge < -0.3 is 36.4 Å². The molecule has 20 nitrogen and oxygen atoms in total. The van der Waals surface area contributed by atoms with Crippen molar-refractivity contribution in [1.82, 2.24) is 25.4 Å². The van der Waals surface area contributed by atoms with Crippen LogP contribution < -0.4 is 31.1 Å². The average Bonchev–Trinajstić information content (AvgIpc) is 3.70. The molecule has 53 heavy (non-hydrogen) atoms. The van der Waals surface area contributed by atoms with Gasteiger partial charge in [0, 0.05) is 30.1 Å². The van der Waals surface area contributed by atoms with E-state index in [0.29, 0.717) is 22.2 Å². The van der Waals surface area contributed by atoms with Gasteiger partial charge in [0.25, 0.3) is 23.8 Å². The van der Waals surface area contributed by atoms with Crippen LogP contribution in [0.1, 0.15) is 49.7 Å². The molecule has 2 atom stereocenters. The zero-order chi connectivity index (χ0) is 38.5. The van der Waals surface area contributed by atoms with Crippen LogP contribution in [-0.4, -0.2) is 99.6 Å². The summed E-state index contributed by atoms with van der Waals surface area (Å²) in [4.78, 5) is 60.1. The Morgan fingerprint density at radius 1 is 1.25 bits per heavy atom. The fourth-order valence-corrected chi connectivity index (χ4v) is 6.33. The monoisotopic (exact) mass is 778 g/mol. The molecule has 2 saturated heterocycles. The number of oxime groups is 1. The van der Waals surface area contributed by atoms with Gasteiger partial charge in [0.05, 0.1) is 18.3 Å². The summed E-state index contributed by atoms with van der Waals surface area (Å²) in [5.74, 6) is -3.07. The van der Waals surface area contributed by atoms with Crippen molar-refractivity contribution in [2.45, 2.75) is 64.4 Å². The van der Waals surface area contributed by atoms with E-state index >= 15 is 0 Å². The Bertz CT molecular complexity index is 1980.